The van der Waals surface area contributed by atoms with Crippen molar-refractivity contribution in [2.24, 2.45) is 0 Å². The topological polar surface area (TPSA) is 76.1 Å². The number of aromatic nitrogens is 1. The third kappa shape index (κ3) is 3.45. The van der Waals surface area contributed by atoms with Crippen LogP contribution in [0.2, 0.25) is 5.02 Å². The van der Waals surface area contributed by atoms with Gasteiger partial charge in [0.2, 0.25) is 5.91 Å². The molecule has 1 aromatic carbocycles. The zero-order valence-electron chi connectivity index (χ0n) is 14.0. The zero-order chi connectivity index (χ0) is 18.2. The maximum Gasteiger partial charge on any atom is 0.247 e. The standard InChI is InChI=1S/C17H19ClN2O3S2/c1-17(2,25(22,23)12-9-7-11(18)8-10-12)15(21)20-16-19-13-5-3-4-6-14(13)24-16/h7-10H,3-6H2,1-2H3,(H,19,20,21). The summed E-state index contributed by atoms with van der Waals surface area (Å²) in [4.78, 5) is 18.4. The molecule has 0 aliphatic heterocycles. The first-order valence-corrected chi connectivity index (χ1v) is 10.7. The van der Waals surface area contributed by atoms with Crippen LogP contribution in [-0.4, -0.2) is 24.1 Å². The molecule has 8 heteroatoms. The zero-order valence-corrected chi connectivity index (χ0v) is 16.4. The highest BCUT2D eigenvalue weighted by Crippen LogP contribution is 2.32. The van der Waals surface area contributed by atoms with E-state index in [1.807, 2.05) is 0 Å². The number of carbonyl (C=O) groups is 1. The van der Waals surface area contributed by atoms with Gasteiger partial charge < -0.3 is 5.32 Å². The Morgan fingerprint density at radius 2 is 1.84 bits per heavy atom. The van der Waals surface area contributed by atoms with E-state index in [9.17, 15) is 13.2 Å². The fourth-order valence-electron chi connectivity index (χ4n) is 2.68. The van der Waals surface area contributed by atoms with E-state index in [1.165, 1.54) is 54.3 Å². The number of halogens is 1. The molecular formula is C17H19ClN2O3S2. The number of anilines is 1. The molecule has 2 aromatic rings. The van der Waals surface area contributed by atoms with Crippen molar-refractivity contribution in [2.45, 2.75) is 49.2 Å². The van der Waals surface area contributed by atoms with E-state index in [1.54, 1.807) is 0 Å². The first-order valence-electron chi connectivity index (χ1n) is 8.02. The average molecular weight is 399 g/mol. The van der Waals surface area contributed by atoms with Gasteiger partial charge in [0.05, 0.1) is 10.6 Å². The minimum Gasteiger partial charge on any atom is -0.301 e. The Balaban J connectivity index is 1.84. The van der Waals surface area contributed by atoms with E-state index >= 15 is 0 Å². The van der Waals surface area contributed by atoms with Gasteiger partial charge in [0, 0.05) is 9.90 Å². The highest BCUT2D eigenvalue weighted by atomic mass is 35.5. The number of rotatable bonds is 4. The first kappa shape index (κ1) is 18.4. The van der Waals surface area contributed by atoms with Gasteiger partial charge in [-0.05, 0) is 63.8 Å². The van der Waals surface area contributed by atoms with Gasteiger partial charge in [-0.3, -0.25) is 4.79 Å². The molecule has 0 radical (unpaired) electrons. The first-order chi connectivity index (χ1) is 11.7. The van der Waals surface area contributed by atoms with Gasteiger partial charge >= 0.3 is 0 Å². The number of amides is 1. The van der Waals surface area contributed by atoms with Crippen molar-refractivity contribution in [2.75, 3.05) is 5.32 Å². The molecule has 0 fully saturated rings. The van der Waals surface area contributed by atoms with Gasteiger partial charge in [0.15, 0.2) is 15.0 Å². The number of hydrogen-bond acceptors (Lipinski definition) is 5. The molecule has 1 amide bonds. The summed E-state index contributed by atoms with van der Waals surface area (Å²) < 4.78 is 24.1. The maximum absolute atomic E-state index is 12.9. The second kappa shape index (κ2) is 6.70. The van der Waals surface area contributed by atoms with E-state index in [-0.39, 0.29) is 4.90 Å². The Morgan fingerprint density at radius 3 is 2.48 bits per heavy atom. The Bertz CT molecular complexity index is 879. The van der Waals surface area contributed by atoms with Crippen molar-refractivity contribution >= 4 is 43.8 Å². The largest absolute Gasteiger partial charge is 0.301 e. The lowest BCUT2D eigenvalue weighted by molar-refractivity contribution is -0.117. The molecule has 1 N–H and O–H groups in total. The molecule has 3 rings (SSSR count). The van der Waals surface area contributed by atoms with Crippen molar-refractivity contribution < 1.29 is 13.2 Å². The lowest BCUT2D eigenvalue weighted by Gasteiger charge is -2.23. The quantitative estimate of drug-likeness (QED) is 0.848. The minimum absolute atomic E-state index is 0.0653. The van der Waals surface area contributed by atoms with Gasteiger partial charge in [-0.2, -0.15) is 0 Å². The van der Waals surface area contributed by atoms with Crippen molar-refractivity contribution in [1.82, 2.24) is 4.98 Å². The maximum atomic E-state index is 12.9. The summed E-state index contributed by atoms with van der Waals surface area (Å²) in [6, 6.07) is 5.82. The predicted octanol–water partition coefficient (Wildman–Crippen LogP) is 3.87. The lowest BCUT2D eigenvalue weighted by atomic mass is 10.0. The summed E-state index contributed by atoms with van der Waals surface area (Å²) in [6.07, 6.45) is 4.10. The summed E-state index contributed by atoms with van der Waals surface area (Å²) in [6.45, 7) is 2.81. The molecule has 1 heterocycles. The fraction of sp³-hybridized carbons (Fsp3) is 0.412. The fourth-order valence-corrected chi connectivity index (χ4v) is 5.23. The van der Waals surface area contributed by atoms with Crippen LogP contribution >= 0.6 is 22.9 Å². The predicted molar refractivity (Wildman–Crippen MR) is 100 cm³/mol. The van der Waals surface area contributed by atoms with Gasteiger partial charge in [0.25, 0.3) is 0 Å². The van der Waals surface area contributed by atoms with Crippen molar-refractivity contribution in [3.05, 3.63) is 39.9 Å². The SMILES string of the molecule is CC(C)(C(=O)Nc1nc2c(s1)CCCC2)S(=O)(=O)c1ccc(Cl)cc1. The molecule has 0 atom stereocenters. The summed E-state index contributed by atoms with van der Waals surface area (Å²) in [5.41, 5.74) is 1.02. The Kier molecular flexibility index (Phi) is 4.92. The van der Waals surface area contributed by atoms with Crippen molar-refractivity contribution in [1.29, 1.82) is 0 Å². The summed E-state index contributed by atoms with van der Waals surface area (Å²) in [5, 5.41) is 3.60. The Morgan fingerprint density at radius 1 is 1.20 bits per heavy atom. The van der Waals surface area contributed by atoms with Crippen molar-refractivity contribution in [3.8, 4) is 0 Å². The summed E-state index contributed by atoms with van der Waals surface area (Å²) in [5.74, 6) is -0.589. The molecule has 1 aliphatic carbocycles. The molecule has 0 saturated heterocycles. The van der Waals surface area contributed by atoms with Gasteiger partial charge in [-0.1, -0.05) is 11.6 Å². The van der Waals surface area contributed by atoms with E-state index in [0.717, 1.165) is 31.4 Å². The number of aryl methyl sites for hydroxylation is 2. The highest BCUT2D eigenvalue weighted by Gasteiger charge is 2.43. The second-order valence-electron chi connectivity index (χ2n) is 6.52. The highest BCUT2D eigenvalue weighted by molar-refractivity contribution is 7.93. The monoisotopic (exact) mass is 398 g/mol. The number of sulfone groups is 1. The molecule has 134 valence electrons. The number of nitrogens with one attached hydrogen (secondary N) is 1. The number of nitrogens with zero attached hydrogens (tertiary/aromatic N) is 1. The van der Waals surface area contributed by atoms with Crippen LogP contribution in [0.15, 0.2) is 29.2 Å². The number of carbonyl (C=O) groups excluding carboxylic acids is 1. The van der Waals surface area contributed by atoms with E-state index < -0.39 is 20.5 Å². The molecule has 1 aromatic heterocycles. The van der Waals surface area contributed by atoms with E-state index in [4.69, 9.17) is 11.6 Å². The molecule has 0 spiro atoms. The molecular weight excluding hydrogens is 380 g/mol. The van der Waals surface area contributed by atoms with Crippen LogP contribution in [0.1, 0.15) is 37.3 Å². The van der Waals surface area contributed by atoms with E-state index in [0.29, 0.717) is 10.2 Å². The average Bonchev–Trinajstić information content (AvgIpc) is 2.97. The number of thiazole rings is 1. The number of fused-ring (bicyclic) bond motifs is 1. The van der Waals surface area contributed by atoms with Gasteiger partial charge in [-0.15, -0.1) is 11.3 Å². The normalized spacial score (nSPS) is 14.8. The molecule has 0 saturated carbocycles. The molecule has 0 unspecified atom stereocenters. The Hall–Kier alpha value is -1.44. The number of benzene rings is 1. The lowest BCUT2D eigenvalue weighted by Crippen LogP contribution is -2.44. The van der Waals surface area contributed by atoms with E-state index in [2.05, 4.69) is 10.3 Å². The third-order valence-electron chi connectivity index (χ3n) is 4.41. The summed E-state index contributed by atoms with van der Waals surface area (Å²) in [7, 11) is -3.87. The second-order valence-corrected chi connectivity index (χ2v) is 10.5. The van der Waals surface area contributed by atoms with Gasteiger partial charge in [-0.25, -0.2) is 13.4 Å². The van der Waals surface area contributed by atoms with Crippen LogP contribution in [0.25, 0.3) is 0 Å². The minimum atomic E-state index is -3.87. The van der Waals surface area contributed by atoms with Crippen LogP contribution < -0.4 is 5.32 Å². The van der Waals surface area contributed by atoms with Crippen LogP contribution in [0.5, 0.6) is 0 Å². The molecule has 5 nitrogen and oxygen atoms in total. The van der Waals surface area contributed by atoms with Crippen LogP contribution in [-0.2, 0) is 27.5 Å². The molecule has 1 aliphatic rings. The molecule has 0 bridgehead atoms. The molecule has 25 heavy (non-hydrogen) atoms. The smallest absolute Gasteiger partial charge is 0.247 e. The third-order valence-corrected chi connectivity index (χ3v) is 8.16. The van der Waals surface area contributed by atoms with Crippen LogP contribution in [0, 0.1) is 0 Å². The number of hydrogen-bond donors (Lipinski definition) is 1. The summed E-state index contributed by atoms with van der Waals surface area (Å²) >= 11 is 7.25. The van der Waals surface area contributed by atoms with Gasteiger partial charge in [0.1, 0.15) is 4.75 Å². The van der Waals surface area contributed by atoms with Crippen molar-refractivity contribution in [3.63, 3.8) is 0 Å². The Labute approximate surface area is 156 Å². The van der Waals surface area contributed by atoms with Crippen LogP contribution in [0.3, 0.4) is 0 Å². The van der Waals surface area contributed by atoms with Crippen LogP contribution in [0.4, 0.5) is 5.13 Å².